The minimum atomic E-state index is 0.0502. The third-order valence-corrected chi connectivity index (χ3v) is 3.47. The Balaban J connectivity index is 2.13. The molecule has 0 saturated carbocycles. The highest BCUT2D eigenvalue weighted by molar-refractivity contribution is 5.94. The molecule has 1 unspecified atom stereocenters. The fourth-order valence-corrected chi connectivity index (χ4v) is 2.18. The standard InChI is InChI=1S/C14H20N2O2/c1-10(9-18-3)16(2)14(17)11-4-5-12-7-15-8-13(12)6-11/h4-6,10,15H,7-9H2,1-3H3. The Labute approximate surface area is 108 Å². The summed E-state index contributed by atoms with van der Waals surface area (Å²) in [6, 6.07) is 6.02. The number of nitrogens with one attached hydrogen (secondary N) is 1. The van der Waals surface area contributed by atoms with Gasteiger partial charge in [-0.15, -0.1) is 0 Å². The number of hydrogen-bond donors (Lipinski definition) is 1. The molecule has 1 amide bonds. The van der Waals surface area contributed by atoms with Gasteiger partial charge in [-0.2, -0.15) is 0 Å². The number of likely N-dealkylation sites (N-methyl/N-ethyl adjacent to an activating group) is 1. The number of fused-ring (bicyclic) bond motifs is 1. The Hall–Kier alpha value is -1.39. The van der Waals surface area contributed by atoms with Crippen molar-refractivity contribution in [2.24, 2.45) is 0 Å². The van der Waals surface area contributed by atoms with Gasteiger partial charge in [0.25, 0.3) is 5.91 Å². The van der Waals surface area contributed by atoms with Crippen LogP contribution in [0.5, 0.6) is 0 Å². The maximum absolute atomic E-state index is 12.3. The zero-order valence-electron chi connectivity index (χ0n) is 11.2. The van der Waals surface area contributed by atoms with Gasteiger partial charge < -0.3 is 15.0 Å². The predicted octanol–water partition coefficient (Wildman–Crippen LogP) is 1.40. The molecule has 0 saturated heterocycles. The first kappa shape index (κ1) is 13.1. The quantitative estimate of drug-likeness (QED) is 0.875. The maximum atomic E-state index is 12.3. The van der Waals surface area contributed by atoms with E-state index in [1.54, 1.807) is 12.0 Å². The van der Waals surface area contributed by atoms with Crippen LogP contribution in [-0.4, -0.2) is 37.6 Å². The predicted molar refractivity (Wildman–Crippen MR) is 70.4 cm³/mol. The van der Waals surface area contributed by atoms with Crippen LogP contribution in [0, 0.1) is 0 Å². The topological polar surface area (TPSA) is 41.6 Å². The lowest BCUT2D eigenvalue weighted by atomic mass is 10.1. The maximum Gasteiger partial charge on any atom is 0.253 e. The van der Waals surface area contributed by atoms with Crippen LogP contribution in [0.1, 0.15) is 28.4 Å². The first-order valence-electron chi connectivity index (χ1n) is 6.22. The van der Waals surface area contributed by atoms with Gasteiger partial charge in [0.05, 0.1) is 12.6 Å². The molecule has 18 heavy (non-hydrogen) atoms. The molecule has 1 aliphatic heterocycles. The molecule has 0 bridgehead atoms. The molecule has 1 atom stereocenters. The Morgan fingerprint density at radius 2 is 2.17 bits per heavy atom. The van der Waals surface area contributed by atoms with Crippen molar-refractivity contribution in [1.82, 2.24) is 10.2 Å². The average Bonchev–Trinajstić information content (AvgIpc) is 2.84. The number of nitrogens with zero attached hydrogens (tertiary/aromatic N) is 1. The summed E-state index contributed by atoms with van der Waals surface area (Å²) in [7, 11) is 3.47. The summed E-state index contributed by atoms with van der Waals surface area (Å²) in [5.41, 5.74) is 3.27. The number of rotatable bonds is 4. The van der Waals surface area contributed by atoms with Crippen LogP contribution < -0.4 is 5.32 Å². The van der Waals surface area contributed by atoms with Crippen molar-refractivity contribution < 1.29 is 9.53 Å². The molecular formula is C14H20N2O2. The third-order valence-electron chi connectivity index (χ3n) is 3.47. The summed E-state index contributed by atoms with van der Waals surface area (Å²) in [6.45, 7) is 4.29. The number of amides is 1. The van der Waals surface area contributed by atoms with Crippen molar-refractivity contribution in [1.29, 1.82) is 0 Å². The Bertz CT molecular complexity index is 445. The minimum absolute atomic E-state index is 0.0502. The van der Waals surface area contributed by atoms with E-state index in [9.17, 15) is 4.79 Å². The molecule has 0 fully saturated rings. The summed E-state index contributed by atoms with van der Waals surface area (Å²) in [4.78, 5) is 14.0. The molecule has 4 nitrogen and oxygen atoms in total. The van der Waals surface area contributed by atoms with Crippen molar-refractivity contribution in [2.45, 2.75) is 26.1 Å². The van der Waals surface area contributed by atoms with Gasteiger partial charge in [-0.3, -0.25) is 4.79 Å². The molecular weight excluding hydrogens is 228 g/mol. The number of ether oxygens (including phenoxy) is 1. The molecule has 1 aromatic carbocycles. The van der Waals surface area contributed by atoms with E-state index in [2.05, 4.69) is 5.32 Å². The third kappa shape index (κ3) is 2.54. The molecule has 4 heteroatoms. The summed E-state index contributed by atoms with van der Waals surface area (Å²) in [5.74, 6) is 0.0502. The zero-order chi connectivity index (χ0) is 13.1. The van der Waals surface area contributed by atoms with Gasteiger partial charge in [0.15, 0.2) is 0 Å². The number of carbonyl (C=O) groups is 1. The van der Waals surface area contributed by atoms with Crippen molar-refractivity contribution in [3.63, 3.8) is 0 Å². The van der Waals surface area contributed by atoms with Gasteiger partial charge in [-0.25, -0.2) is 0 Å². The lowest BCUT2D eigenvalue weighted by Gasteiger charge is -2.24. The fraction of sp³-hybridized carbons (Fsp3) is 0.500. The van der Waals surface area contributed by atoms with Gasteiger partial charge in [-0.05, 0) is 30.2 Å². The van der Waals surface area contributed by atoms with Gasteiger partial charge in [0.1, 0.15) is 0 Å². The normalized spacial score (nSPS) is 15.3. The van der Waals surface area contributed by atoms with Crippen LogP contribution in [-0.2, 0) is 17.8 Å². The SMILES string of the molecule is COCC(C)N(C)C(=O)c1ccc2c(c1)CNC2. The molecule has 1 N–H and O–H groups in total. The molecule has 0 spiro atoms. The van der Waals surface area contributed by atoms with E-state index in [0.717, 1.165) is 18.7 Å². The van der Waals surface area contributed by atoms with E-state index in [-0.39, 0.29) is 11.9 Å². The highest BCUT2D eigenvalue weighted by atomic mass is 16.5. The number of carbonyl (C=O) groups excluding carboxylic acids is 1. The van der Waals surface area contributed by atoms with Gasteiger partial charge in [0.2, 0.25) is 0 Å². The van der Waals surface area contributed by atoms with E-state index in [1.807, 2.05) is 32.2 Å². The largest absolute Gasteiger partial charge is 0.383 e. The first-order chi connectivity index (χ1) is 8.63. The second-order valence-corrected chi connectivity index (χ2v) is 4.81. The van der Waals surface area contributed by atoms with Crippen LogP contribution in [0.25, 0.3) is 0 Å². The van der Waals surface area contributed by atoms with Crippen LogP contribution in [0.2, 0.25) is 0 Å². The molecule has 2 rings (SSSR count). The first-order valence-corrected chi connectivity index (χ1v) is 6.22. The monoisotopic (exact) mass is 248 g/mol. The Kier molecular flexibility index (Phi) is 3.99. The smallest absolute Gasteiger partial charge is 0.253 e. The fourth-order valence-electron chi connectivity index (χ4n) is 2.18. The Morgan fingerprint density at radius 3 is 2.89 bits per heavy atom. The second-order valence-electron chi connectivity index (χ2n) is 4.81. The van der Waals surface area contributed by atoms with Crippen molar-refractivity contribution >= 4 is 5.91 Å². The highest BCUT2D eigenvalue weighted by Crippen LogP contribution is 2.18. The Morgan fingerprint density at radius 1 is 1.44 bits per heavy atom. The molecule has 98 valence electrons. The molecule has 1 aliphatic rings. The average molecular weight is 248 g/mol. The van der Waals surface area contributed by atoms with E-state index >= 15 is 0 Å². The number of benzene rings is 1. The van der Waals surface area contributed by atoms with E-state index in [0.29, 0.717) is 6.61 Å². The lowest BCUT2D eigenvalue weighted by Crippen LogP contribution is -2.37. The molecule has 1 aromatic rings. The molecule has 0 radical (unpaired) electrons. The van der Waals surface area contributed by atoms with Crippen LogP contribution in [0.4, 0.5) is 0 Å². The lowest BCUT2D eigenvalue weighted by molar-refractivity contribution is 0.0633. The summed E-state index contributed by atoms with van der Waals surface area (Å²) in [6.07, 6.45) is 0. The summed E-state index contributed by atoms with van der Waals surface area (Å²) < 4.78 is 5.08. The van der Waals surface area contributed by atoms with E-state index in [1.165, 1.54) is 11.1 Å². The van der Waals surface area contributed by atoms with Gasteiger partial charge in [-0.1, -0.05) is 6.07 Å². The van der Waals surface area contributed by atoms with E-state index < -0.39 is 0 Å². The van der Waals surface area contributed by atoms with Gasteiger partial charge in [0, 0.05) is 32.8 Å². The summed E-state index contributed by atoms with van der Waals surface area (Å²) >= 11 is 0. The minimum Gasteiger partial charge on any atom is -0.383 e. The van der Waals surface area contributed by atoms with Crippen LogP contribution in [0.15, 0.2) is 18.2 Å². The molecule has 0 aromatic heterocycles. The summed E-state index contributed by atoms with van der Waals surface area (Å²) in [5, 5.41) is 3.28. The molecule has 0 aliphatic carbocycles. The number of methoxy groups -OCH3 is 1. The van der Waals surface area contributed by atoms with E-state index in [4.69, 9.17) is 4.74 Å². The van der Waals surface area contributed by atoms with Gasteiger partial charge >= 0.3 is 0 Å². The second kappa shape index (κ2) is 5.50. The highest BCUT2D eigenvalue weighted by Gasteiger charge is 2.19. The van der Waals surface area contributed by atoms with Crippen LogP contribution in [0.3, 0.4) is 0 Å². The zero-order valence-corrected chi connectivity index (χ0v) is 11.2. The number of hydrogen-bond acceptors (Lipinski definition) is 3. The van der Waals surface area contributed by atoms with Crippen LogP contribution >= 0.6 is 0 Å². The van der Waals surface area contributed by atoms with Crippen molar-refractivity contribution in [3.05, 3.63) is 34.9 Å². The molecule has 1 heterocycles. The van der Waals surface area contributed by atoms with Crippen molar-refractivity contribution in [3.8, 4) is 0 Å². The van der Waals surface area contributed by atoms with Crippen molar-refractivity contribution in [2.75, 3.05) is 20.8 Å².